The molecule has 0 atom stereocenters. The van der Waals surface area contributed by atoms with Crippen molar-refractivity contribution < 1.29 is 32.3 Å². The predicted molar refractivity (Wildman–Crippen MR) is 112 cm³/mol. The van der Waals surface area contributed by atoms with Gasteiger partial charge >= 0.3 is 6.61 Å². The van der Waals surface area contributed by atoms with E-state index in [0.29, 0.717) is 16.7 Å². The molecule has 2 heterocycles. The van der Waals surface area contributed by atoms with Gasteiger partial charge in [-0.3, -0.25) is 24.3 Å². The number of alkyl halides is 2. The monoisotopic (exact) mass is 479 g/mol. The van der Waals surface area contributed by atoms with E-state index in [1.54, 1.807) is 16.7 Å². The zero-order chi connectivity index (χ0) is 23.8. The van der Waals surface area contributed by atoms with Gasteiger partial charge in [0, 0.05) is 18.4 Å². The van der Waals surface area contributed by atoms with E-state index in [2.05, 4.69) is 20.3 Å². The zero-order valence-electron chi connectivity index (χ0n) is 17.1. The Morgan fingerprint density at radius 2 is 1.94 bits per heavy atom. The maximum Gasteiger partial charge on any atom is 0.387 e. The van der Waals surface area contributed by atoms with E-state index < -0.39 is 24.3 Å². The molecule has 0 bridgehead atoms. The first-order chi connectivity index (χ1) is 15.8. The Labute approximate surface area is 190 Å². The van der Waals surface area contributed by atoms with Crippen LogP contribution in [0, 0.1) is 0 Å². The number of carbonyl (C=O) groups is 3. The Balaban J connectivity index is 1.60. The number of furan rings is 1. The lowest BCUT2D eigenvalue weighted by atomic mass is 10.2. The molecule has 3 N–H and O–H groups in total. The van der Waals surface area contributed by atoms with Gasteiger partial charge < -0.3 is 14.9 Å². The van der Waals surface area contributed by atoms with E-state index in [1.807, 2.05) is 0 Å². The Hall–Kier alpha value is -3.74. The van der Waals surface area contributed by atoms with E-state index in [0.717, 1.165) is 11.8 Å². The third kappa shape index (κ3) is 7.14. The first kappa shape index (κ1) is 23.9. The summed E-state index contributed by atoms with van der Waals surface area (Å²) in [4.78, 5) is 35.6. The average Bonchev–Trinajstić information content (AvgIpc) is 3.41. The van der Waals surface area contributed by atoms with Gasteiger partial charge in [-0.25, -0.2) is 0 Å². The zero-order valence-corrected chi connectivity index (χ0v) is 17.9. The minimum atomic E-state index is -2.98. The molecule has 0 aliphatic rings. The average molecular weight is 479 g/mol. The predicted octanol–water partition coefficient (Wildman–Crippen LogP) is 1.99. The lowest BCUT2D eigenvalue weighted by Crippen LogP contribution is -2.31. The number of nitrogens with one attached hydrogen (secondary N) is 1. The van der Waals surface area contributed by atoms with E-state index in [-0.39, 0.29) is 36.5 Å². The molecule has 13 heteroatoms. The van der Waals surface area contributed by atoms with Crippen molar-refractivity contribution in [3.05, 3.63) is 59.8 Å². The Bertz CT molecular complexity index is 1100. The number of thioether (sulfide) groups is 1. The number of amides is 3. The number of benzene rings is 1. The van der Waals surface area contributed by atoms with E-state index >= 15 is 0 Å². The van der Waals surface area contributed by atoms with Gasteiger partial charge in [0.15, 0.2) is 5.16 Å². The van der Waals surface area contributed by atoms with Gasteiger partial charge in [0.1, 0.15) is 17.3 Å². The van der Waals surface area contributed by atoms with Crippen molar-refractivity contribution >= 4 is 29.5 Å². The number of primary amides is 1. The van der Waals surface area contributed by atoms with Crippen molar-refractivity contribution in [1.82, 2.24) is 20.1 Å². The van der Waals surface area contributed by atoms with Gasteiger partial charge in [0.2, 0.25) is 11.8 Å². The number of aryl methyl sites for hydroxylation is 1. The van der Waals surface area contributed by atoms with E-state index in [4.69, 9.17) is 10.2 Å². The number of ether oxygens (including phenoxy) is 1. The van der Waals surface area contributed by atoms with Gasteiger partial charge in [-0.05, 0) is 36.4 Å². The highest BCUT2D eigenvalue weighted by Crippen LogP contribution is 2.20. The fraction of sp³-hybridized carbons (Fsp3) is 0.250. The fourth-order valence-corrected chi connectivity index (χ4v) is 3.47. The molecule has 0 aliphatic carbocycles. The smallest absolute Gasteiger partial charge is 0.387 e. The minimum absolute atomic E-state index is 0.0804. The van der Waals surface area contributed by atoms with Crippen molar-refractivity contribution in [2.45, 2.75) is 31.2 Å². The molecule has 174 valence electrons. The van der Waals surface area contributed by atoms with Gasteiger partial charge in [0.05, 0.1) is 18.6 Å². The molecule has 3 aromatic rings. The minimum Gasteiger partial charge on any atom is -0.467 e. The number of rotatable bonds is 11. The first-order valence-electron chi connectivity index (χ1n) is 9.56. The third-order valence-corrected chi connectivity index (χ3v) is 5.18. The molecule has 0 aliphatic heterocycles. The van der Waals surface area contributed by atoms with Gasteiger partial charge in [-0.1, -0.05) is 11.8 Å². The quantitative estimate of drug-likeness (QED) is 0.398. The number of nitrogens with zero attached hydrogens (tertiary/aromatic N) is 3. The Morgan fingerprint density at radius 3 is 2.58 bits per heavy atom. The number of hydrogen-bond acceptors (Lipinski definition) is 8. The molecule has 2 aromatic heterocycles. The second-order valence-corrected chi connectivity index (χ2v) is 7.54. The number of aromatic nitrogens is 3. The molecule has 1 aromatic carbocycles. The van der Waals surface area contributed by atoms with Crippen LogP contribution in [0.5, 0.6) is 5.75 Å². The summed E-state index contributed by atoms with van der Waals surface area (Å²) in [7, 11) is 0. The molecule has 0 saturated heterocycles. The molecule has 0 unspecified atom stereocenters. The fourth-order valence-electron chi connectivity index (χ4n) is 2.72. The molecule has 0 saturated carbocycles. The van der Waals surface area contributed by atoms with Gasteiger partial charge in [0.25, 0.3) is 5.91 Å². The summed E-state index contributed by atoms with van der Waals surface area (Å²) in [6.07, 6.45) is 1.86. The van der Waals surface area contributed by atoms with Crippen LogP contribution in [-0.4, -0.2) is 44.9 Å². The normalized spacial score (nSPS) is 10.9. The Morgan fingerprint density at radius 1 is 1.18 bits per heavy atom. The van der Waals surface area contributed by atoms with Crippen LogP contribution >= 0.6 is 11.8 Å². The number of imide groups is 1. The molecule has 33 heavy (non-hydrogen) atoms. The summed E-state index contributed by atoms with van der Waals surface area (Å²) in [6.45, 7) is -2.70. The standard InChI is InChI=1S/C20H19F2N5O5S/c21-19(22)32-13-5-3-12(4-6-13)18(30)24-17(29)11-33-20-26-25-16(8-7-15(23)28)27(20)10-14-2-1-9-31-14/h1-6,9,19H,7-8,10-11H2,(H2,23,28)(H,24,29,30). The molecular formula is C20H19F2N5O5S. The molecule has 3 amide bonds. The lowest BCUT2D eigenvalue weighted by molar-refractivity contribution is -0.118. The topological polar surface area (TPSA) is 142 Å². The summed E-state index contributed by atoms with van der Waals surface area (Å²) in [5.74, 6) is -0.904. The molecule has 10 nitrogen and oxygen atoms in total. The van der Waals surface area contributed by atoms with Crippen LogP contribution in [0.25, 0.3) is 0 Å². The summed E-state index contributed by atoms with van der Waals surface area (Å²) in [6, 6.07) is 8.41. The maximum absolute atomic E-state index is 12.2. The highest BCUT2D eigenvalue weighted by Gasteiger charge is 2.17. The second-order valence-electron chi connectivity index (χ2n) is 6.60. The van der Waals surface area contributed by atoms with Gasteiger partial charge in [-0.15, -0.1) is 10.2 Å². The van der Waals surface area contributed by atoms with E-state index in [9.17, 15) is 23.2 Å². The summed E-state index contributed by atoms with van der Waals surface area (Å²) in [5.41, 5.74) is 5.31. The van der Waals surface area contributed by atoms with Crippen LogP contribution in [0.3, 0.4) is 0 Å². The van der Waals surface area contributed by atoms with Crippen molar-refractivity contribution in [2.24, 2.45) is 5.73 Å². The van der Waals surface area contributed by atoms with E-state index in [1.165, 1.54) is 30.5 Å². The molecule has 0 spiro atoms. The summed E-state index contributed by atoms with van der Waals surface area (Å²) >= 11 is 1.04. The van der Waals surface area contributed by atoms with Crippen molar-refractivity contribution in [2.75, 3.05) is 5.75 Å². The Kier molecular flexibility index (Phi) is 8.13. The summed E-state index contributed by atoms with van der Waals surface area (Å²) < 4.78 is 35.7. The number of hydrogen-bond donors (Lipinski definition) is 2. The molecule has 0 fully saturated rings. The van der Waals surface area contributed by atoms with Crippen molar-refractivity contribution in [1.29, 1.82) is 0 Å². The van der Waals surface area contributed by atoms with Crippen LogP contribution in [0.2, 0.25) is 0 Å². The summed E-state index contributed by atoms with van der Waals surface area (Å²) in [5, 5.41) is 10.7. The largest absolute Gasteiger partial charge is 0.467 e. The molecule has 3 rings (SSSR count). The first-order valence-corrected chi connectivity index (χ1v) is 10.5. The lowest BCUT2D eigenvalue weighted by Gasteiger charge is -2.09. The van der Waals surface area contributed by atoms with Crippen LogP contribution in [0.1, 0.15) is 28.4 Å². The molecule has 0 radical (unpaired) electrons. The number of halogens is 2. The van der Waals surface area contributed by atoms with Crippen LogP contribution in [-0.2, 0) is 22.6 Å². The highest BCUT2D eigenvalue weighted by atomic mass is 32.2. The number of nitrogens with two attached hydrogens (primary N) is 1. The van der Waals surface area contributed by atoms with Crippen LogP contribution < -0.4 is 15.8 Å². The van der Waals surface area contributed by atoms with Crippen molar-refractivity contribution in [3.63, 3.8) is 0 Å². The maximum atomic E-state index is 12.2. The van der Waals surface area contributed by atoms with Crippen LogP contribution in [0.4, 0.5) is 8.78 Å². The van der Waals surface area contributed by atoms with Crippen LogP contribution in [0.15, 0.2) is 52.2 Å². The van der Waals surface area contributed by atoms with Gasteiger partial charge in [-0.2, -0.15) is 8.78 Å². The second kappa shape index (κ2) is 11.2. The number of carbonyl (C=O) groups excluding carboxylic acids is 3. The third-order valence-electron chi connectivity index (χ3n) is 4.21. The highest BCUT2D eigenvalue weighted by molar-refractivity contribution is 7.99. The van der Waals surface area contributed by atoms with Crippen molar-refractivity contribution in [3.8, 4) is 5.75 Å². The molecular weight excluding hydrogens is 460 g/mol. The SMILES string of the molecule is NC(=O)CCc1nnc(SCC(=O)NC(=O)c2ccc(OC(F)F)cc2)n1Cc1ccco1.